The van der Waals surface area contributed by atoms with Gasteiger partial charge in [0, 0.05) is 34.6 Å². The van der Waals surface area contributed by atoms with Crippen molar-refractivity contribution in [2.45, 2.75) is 38.3 Å². The lowest BCUT2D eigenvalue weighted by Crippen LogP contribution is -2.30. The third kappa shape index (κ3) is 4.68. The zero-order valence-electron chi connectivity index (χ0n) is 14.5. The molecule has 2 atom stereocenters. The number of rotatable bonds is 5. The van der Waals surface area contributed by atoms with Crippen LogP contribution in [0.5, 0.6) is 0 Å². The monoisotopic (exact) mass is 418 g/mol. The molecule has 2 unspecified atom stereocenters. The number of hydrogen-bond donors (Lipinski definition) is 1. The number of likely N-dealkylation sites (tertiary alicyclic amines) is 1. The summed E-state index contributed by atoms with van der Waals surface area (Å²) in [5, 5.41) is 8.05. The topological polar surface area (TPSA) is 71.3 Å². The molecule has 0 aliphatic carbocycles. The van der Waals surface area contributed by atoms with E-state index in [1.807, 2.05) is 14.0 Å². The van der Waals surface area contributed by atoms with Crippen LogP contribution in [0.25, 0.3) is 0 Å². The van der Waals surface area contributed by atoms with Crippen LogP contribution in [-0.2, 0) is 6.42 Å². The predicted molar refractivity (Wildman–Crippen MR) is 103 cm³/mol. The minimum atomic E-state index is -0.212. The van der Waals surface area contributed by atoms with Gasteiger partial charge < -0.3 is 14.7 Å². The van der Waals surface area contributed by atoms with E-state index in [0.29, 0.717) is 40.3 Å². The van der Waals surface area contributed by atoms with E-state index in [9.17, 15) is 4.79 Å². The van der Waals surface area contributed by atoms with Crippen LogP contribution in [0.15, 0.2) is 22.7 Å². The molecule has 26 heavy (non-hydrogen) atoms. The number of aromatic nitrogens is 2. The summed E-state index contributed by atoms with van der Waals surface area (Å²) in [5.41, 5.74) is 0.466. The standard InChI is InChI=1S/C17H20Cl2N4O2.ClH/c1-10(20-2)6-15-21-16(25-22-15)14-4-3-5-23(14)17(24)11-7-12(18)9-13(19)8-11;/h7-10,14,20H,3-6H2,1-2H3;1H. The molecule has 142 valence electrons. The molecule has 2 aromatic rings. The van der Waals surface area contributed by atoms with E-state index >= 15 is 0 Å². The Morgan fingerprint density at radius 2 is 2.08 bits per heavy atom. The van der Waals surface area contributed by atoms with E-state index in [0.717, 1.165) is 12.8 Å². The summed E-state index contributed by atoms with van der Waals surface area (Å²) in [6, 6.07) is 4.89. The van der Waals surface area contributed by atoms with Crippen molar-refractivity contribution in [1.29, 1.82) is 0 Å². The van der Waals surface area contributed by atoms with E-state index < -0.39 is 0 Å². The molecule has 1 N–H and O–H groups in total. The lowest BCUT2D eigenvalue weighted by molar-refractivity contribution is 0.0710. The van der Waals surface area contributed by atoms with Gasteiger partial charge in [-0.3, -0.25) is 4.79 Å². The van der Waals surface area contributed by atoms with Gasteiger partial charge in [0.2, 0.25) is 5.89 Å². The fraction of sp³-hybridized carbons (Fsp3) is 0.471. The van der Waals surface area contributed by atoms with Gasteiger partial charge in [-0.05, 0) is 45.0 Å². The molecular formula is C17H21Cl3N4O2. The Hall–Kier alpha value is -1.34. The SMILES string of the molecule is CNC(C)Cc1noc(C2CCCN2C(=O)c2cc(Cl)cc(Cl)c2)n1.Cl. The molecule has 1 aliphatic rings. The maximum Gasteiger partial charge on any atom is 0.254 e. The summed E-state index contributed by atoms with van der Waals surface area (Å²) in [4.78, 5) is 19.1. The second kappa shape index (κ2) is 9.04. The van der Waals surface area contributed by atoms with Crippen LogP contribution in [0, 0.1) is 0 Å². The number of amides is 1. The summed E-state index contributed by atoms with van der Waals surface area (Å²) in [5.74, 6) is 0.995. The Morgan fingerprint density at radius 1 is 1.38 bits per heavy atom. The number of benzene rings is 1. The maximum atomic E-state index is 12.9. The molecule has 6 nitrogen and oxygen atoms in total. The first-order valence-electron chi connectivity index (χ1n) is 8.24. The van der Waals surface area contributed by atoms with Crippen molar-refractivity contribution in [2.24, 2.45) is 0 Å². The van der Waals surface area contributed by atoms with Crippen LogP contribution in [0.1, 0.15) is 47.9 Å². The van der Waals surface area contributed by atoms with Crippen LogP contribution in [-0.4, -0.2) is 40.6 Å². The summed E-state index contributed by atoms with van der Waals surface area (Å²) in [6.45, 7) is 2.68. The van der Waals surface area contributed by atoms with Gasteiger partial charge in [0.1, 0.15) is 6.04 Å². The lowest BCUT2D eigenvalue weighted by Gasteiger charge is -2.22. The molecule has 0 spiro atoms. The van der Waals surface area contributed by atoms with Gasteiger partial charge in [0.25, 0.3) is 5.91 Å². The highest BCUT2D eigenvalue weighted by atomic mass is 35.5. The molecular weight excluding hydrogens is 399 g/mol. The fourth-order valence-corrected chi connectivity index (χ4v) is 3.50. The zero-order valence-corrected chi connectivity index (χ0v) is 16.9. The molecule has 1 fully saturated rings. The molecule has 1 aromatic heterocycles. The minimum Gasteiger partial charge on any atom is -0.337 e. The first-order chi connectivity index (χ1) is 12.0. The fourth-order valence-electron chi connectivity index (χ4n) is 2.97. The Bertz CT molecular complexity index is 748. The smallest absolute Gasteiger partial charge is 0.254 e. The number of nitrogens with zero attached hydrogens (tertiary/aromatic N) is 3. The van der Waals surface area contributed by atoms with E-state index in [1.165, 1.54) is 0 Å². The second-order valence-corrected chi connectivity index (χ2v) is 7.13. The third-order valence-electron chi connectivity index (χ3n) is 4.37. The predicted octanol–water partition coefficient (Wildman–Crippen LogP) is 3.93. The second-order valence-electron chi connectivity index (χ2n) is 6.26. The van der Waals surface area contributed by atoms with Crippen LogP contribution in [0.2, 0.25) is 10.0 Å². The molecule has 9 heteroatoms. The van der Waals surface area contributed by atoms with Crippen LogP contribution in [0.4, 0.5) is 0 Å². The first-order valence-corrected chi connectivity index (χ1v) is 9.00. The van der Waals surface area contributed by atoms with Crippen molar-refractivity contribution < 1.29 is 9.32 Å². The first kappa shape index (κ1) is 21.0. The normalized spacial score (nSPS) is 17.8. The number of carbonyl (C=O) groups excluding carboxylic acids is 1. The number of halogens is 3. The van der Waals surface area contributed by atoms with Crippen molar-refractivity contribution in [3.05, 3.63) is 45.5 Å². The third-order valence-corrected chi connectivity index (χ3v) is 4.81. The highest BCUT2D eigenvalue weighted by molar-refractivity contribution is 6.35. The molecule has 1 amide bonds. The molecule has 1 aromatic carbocycles. The molecule has 2 heterocycles. The van der Waals surface area contributed by atoms with Crippen molar-refractivity contribution >= 4 is 41.5 Å². The summed E-state index contributed by atoms with van der Waals surface area (Å²) >= 11 is 12.0. The van der Waals surface area contributed by atoms with Gasteiger partial charge in [-0.15, -0.1) is 12.4 Å². The minimum absolute atomic E-state index is 0. The van der Waals surface area contributed by atoms with Gasteiger partial charge in [-0.25, -0.2) is 0 Å². The van der Waals surface area contributed by atoms with Crippen LogP contribution >= 0.6 is 35.6 Å². The van der Waals surface area contributed by atoms with Gasteiger partial charge in [-0.2, -0.15) is 4.98 Å². The lowest BCUT2D eigenvalue weighted by atomic mass is 10.1. The molecule has 0 radical (unpaired) electrons. The number of carbonyl (C=O) groups is 1. The van der Waals surface area contributed by atoms with Crippen LogP contribution < -0.4 is 5.32 Å². The van der Waals surface area contributed by atoms with Crippen molar-refractivity contribution in [3.63, 3.8) is 0 Å². The number of hydrogen-bond acceptors (Lipinski definition) is 5. The quantitative estimate of drug-likeness (QED) is 0.795. The average Bonchev–Trinajstić information content (AvgIpc) is 3.21. The number of nitrogens with one attached hydrogen (secondary N) is 1. The van der Waals surface area contributed by atoms with E-state index in [2.05, 4.69) is 15.5 Å². The molecule has 0 saturated carbocycles. The van der Waals surface area contributed by atoms with E-state index in [4.69, 9.17) is 27.7 Å². The highest BCUT2D eigenvalue weighted by Crippen LogP contribution is 2.33. The van der Waals surface area contributed by atoms with Gasteiger partial charge >= 0.3 is 0 Å². The van der Waals surface area contributed by atoms with Crippen molar-refractivity contribution in [1.82, 2.24) is 20.4 Å². The Morgan fingerprint density at radius 3 is 2.73 bits per heavy atom. The highest BCUT2D eigenvalue weighted by Gasteiger charge is 2.34. The summed E-state index contributed by atoms with van der Waals surface area (Å²) < 4.78 is 5.42. The largest absolute Gasteiger partial charge is 0.337 e. The van der Waals surface area contributed by atoms with Gasteiger partial charge in [0.05, 0.1) is 0 Å². The van der Waals surface area contributed by atoms with Crippen molar-refractivity contribution in [3.8, 4) is 0 Å². The van der Waals surface area contributed by atoms with E-state index in [1.54, 1.807) is 23.1 Å². The van der Waals surface area contributed by atoms with E-state index in [-0.39, 0.29) is 30.4 Å². The molecule has 1 saturated heterocycles. The number of likely N-dealkylation sites (N-methyl/N-ethyl adjacent to an activating group) is 1. The summed E-state index contributed by atoms with van der Waals surface area (Å²) in [7, 11) is 1.89. The Balaban J connectivity index is 0.00000243. The molecule has 1 aliphatic heterocycles. The van der Waals surface area contributed by atoms with Crippen LogP contribution in [0.3, 0.4) is 0 Å². The maximum absolute atomic E-state index is 12.9. The average molecular weight is 420 g/mol. The molecule has 3 rings (SSSR count). The van der Waals surface area contributed by atoms with Crippen molar-refractivity contribution in [2.75, 3.05) is 13.6 Å². The Labute approximate surface area is 168 Å². The summed E-state index contributed by atoms with van der Waals surface area (Å²) in [6.07, 6.45) is 2.35. The molecule has 0 bridgehead atoms. The zero-order chi connectivity index (χ0) is 18.0. The van der Waals surface area contributed by atoms with Gasteiger partial charge in [0.15, 0.2) is 5.82 Å². The Kier molecular flexibility index (Phi) is 7.29. The van der Waals surface area contributed by atoms with Gasteiger partial charge in [-0.1, -0.05) is 28.4 Å².